The number of ether oxygens (including phenoxy) is 2. The molecule has 0 heterocycles. The van der Waals surface area contributed by atoms with E-state index in [-0.39, 0.29) is 6.10 Å². The average molecular weight is 298 g/mol. The monoisotopic (exact) mass is 298 g/mol. The molecule has 1 aliphatic rings. The number of hydrogen-bond acceptors (Lipinski definition) is 4. The van der Waals surface area contributed by atoms with Crippen LogP contribution in [0.2, 0.25) is 0 Å². The second kappa shape index (κ2) is 7.54. The Hall–Kier alpha value is -2.43. The van der Waals surface area contributed by atoms with E-state index in [2.05, 4.69) is 13.2 Å². The quantitative estimate of drug-likeness (QED) is 0.288. The Bertz CT molecular complexity index is 610. The number of rotatable bonds is 6. The minimum absolute atomic E-state index is 0.162. The van der Waals surface area contributed by atoms with Gasteiger partial charge in [-0.25, -0.2) is 4.79 Å². The second-order valence-corrected chi connectivity index (χ2v) is 4.70. The first-order chi connectivity index (χ1) is 10.6. The van der Waals surface area contributed by atoms with Crippen molar-refractivity contribution in [3.05, 3.63) is 73.4 Å². The lowest BCUT2D eigenvalue weighted by Gasteiger charge is -2.19. The molecule has 1 N–H and O–H groups in total. The summed E-state index contributed by atoms with van der Waals surface area (Å²) < 4.78 is 10.4. The van der Waals surface area contributed by atoms with E-state index in [9.17, 15) is 9.90 Å². The number of hydrogen-bond donors (Lipinski definition) is 1. The predicted octanol–water partition coefficient (Wildman–Crippen LogP) is 3.01. The lowest BCUT2D eigenvalue weighted by molar-refractivity contribution is -0.128. The topological polar surface area (TPSA) is 55.8 Å². The van der Waals surface area contributed by atoms with Gasteiger partial charge in [0.15, 0.2) is 6.29 Å². The van der Waals surface area contributed by atoms with Crippen molar-refractivity contribution in [1.82, 2.24) is 0 Å². The van der Waals surface area contributed by atoms with E-state index in [4.69, 9.17) is 9.47 Å². The van der Waals surface area contributed by atoms with Crippen LogP contribution in [0.1, 0.15) is 12.0 Å². The molecule has 1 aliphatic carbocycles. The molecule has 0 radical (unpaired) electrons. The number of aliphatic hydroxyl groups is 1. The standard InChI is InChI=1S/C18H18O4/c1-3-17(19)21-15-9-5-13(6-10-15)14-7-11-16(12-8-14)22-18(20)4-2/h3-11,16,18,20H,1-2,12H2. The number of carbonyl (C=O) groups excluding carboxylic acids is 1. The predicted molar refractivity (Wildman–Crippen MR) is 85.1 cm³/mol. The Kier molecular flexibility index (Phi) is 5.47. The summed E-state index contributed by atoms with van der Waals surface area (Å²) in [6, 6.07) is 7.22. The molecular weight excluding hydrogens is 280 g/mol. The van der Waals surface area contributed by atoms with Crippen molar-refractivity contribution in [3.8, 4) is 5.75 Å². The Balaban J connectivity index is 1.99. The van der Waals surface area contributed by atoms with E-state index in [1.807, 2.05) is 30.4 Å². The van der Waals surface area contributed by atoms with E-state index in [0.29, 0.717) is 12.2 Å². The van der Waals surface area contributed by atoms with Gasteiger partial charge >= 0.3 is 5.97 Å². The molecule has 0 amide bonds. The molecule has 4 heteroatoms. The van der Waals surface area contributed by atoms with Crippen LogP contribution < -0.4 is 4.74 Å². The molecule has 22 heavy (non-hydrogen) atoms. The Morgan fingerprint density at radius 3 is 2.59 bits per heavy atom. The first-order valence-corrected chi connectivity index (χ1v) is 6.91. The molecule has 0 fully saturated rings. The van der Waals surface area contributed by atoms with Crippen molar-refractivity contribution in [2.75, 3.05) is 0 Å². The molecular formula is C18H18O4. The molecule has 0 aromatic heterocycles. The first-order valence-electron chi connectivity index (χ1n) is 6.91. The van der Waals surface area contributed by atoms with Crippen molar-refractivity contribution >= 4 is 11.5 Å². The van der Waals surface area contributed by atoms with Crippen LogP contribution in [0.5, 0.6) is 5.75 Å². The molecule has 2 unspecified atom stereocenters. The van der Waals surface area contributed by atoms with Crippen molar-refractivity contribution in [1.29, 1.82) is 0 Å². The molecule has 2 rings (SSSR count). The molecule has 1 aromatic rings. The Morgan fingerprint density at radius 2 is 2.05 bits per heavy atom. The highest BCUT2D eigenvalue weighted by atomic mass is 16.6. The van der Waals surface area contributed by atoms with E-state index >= 15 is 0 Å². The number of aliphatic hydroxyl groups excluding tert-OH is 1. The summed E-state index contributed by atoms with van der Waals surface area (Å²) in [4.78, 5) is 11.1. The second-order valence-electron chi connectivity index (χ2n) is 4.70. The third-order valence-corrected chi connectivity index (χ3v) is 3.15. The van der Waals surface area contributed by atoms with Crippen molar-refractivity contribution < 1.29 is 19.4 Å². The van der Waals surface area contributed by atoms with Crippen LogP contribution in [0.15, 0.2) is 67.8 Å². The van der Waals surface area contributed by atoms with Gasteiger partial charge in [0.05, 0.1) is 6.10 Å². The fraction of sp³-hybridized carbons (Fsp3) is 0.167. The van der Waals surface area contributed by atoms with Crippen LogP contribution in [-0.4, -0.2) is 23.5 Å². The van der Waals surface area contributed by atoms with Crippen molar-refractivity contribution in [3.63, 3.8) is 0 Å². The molecule has 1 aromatic carbocycles. The van der Waals surface area contributed by atoms with Crippen molar-refractivity contribution in [2.24, 2.45) is 0 Å². The molecule has 2 atom stereocenters. The third kappa shape index (κ3) is 4.28. The first kappa shape index (κ1) is 15.9. The van der Waals surface area contributed by atoms with E-state index < -0.39 is 12.3 Å². The molecule has 0 bridgehead atoms. The van der Waals surface area contributed by atoms with Crippen LogP contribution >= 0.6 is 0 Å². The van der Waals surface area contributed by atoms with E-state index in [1.54, 1.807) is 12.1 Å². The van der Waals surface area contributed by atoms with Gasteiger partial charge in [-0.15, -0.1) is 0 Å². The molecule has 114 valence electrons. The SMILES string of the molecule is C=CC(=O)Oc1ccc(C2=CCC(OC(O)C=C)C=C2)cc1. The summed E-state index contributed by atoms with van der Waals surface area (Å²) in [7, 11) is 0. The van der Waals surface area contributed by atoms with Gasteiger partial charge in [-0.3, -0.25) is 0 Å². The Labute approximate surface area is 129 Å². The highest BCUT2D eigenvalue weighted by molar-refractivity contribution is 5.83. The van der Waals surface area contributed by atoms with Gasteiger partial charge < -0.3 is 14.6 Å². The minimum atomic E-state index is -0.955. The normalized spacial score (nSPS) is 18.2. The summed E-state index contributed by atoms with van der Waals surface area (Å²) in [6.45, 7) is 6.82. The maximum atomic E-state index is 11.1. The van der Waals surface area contributed by atoms with Gasteiger partial charge in [0.25, 0.3) is 0 Å². The van der Waals surface area contributed by atoms with Gasteiger partial charge in [-0.05, 0) is 35.8 Å². The Morgan fingerprint density at radius 1 is 1.32 bits per heavy atom. The smallest absolute Gasteiger partial charge is 0.335 e. The van der Waals surface area contributed by atoms with Crippen LogP contribution in [0.25, 0.3) is 5.57 Å². The highest BCUT2D eigenvalue weighted by Crippen LogP contribution is 2.25. The number of allylic oxidation sites excluding steroid dienone is 2. The summed E-state index contributed by atoms with van der Waals surface area (Å²) in [5.74, 6) is -0.00495. The van der Waals surface area contributed by atoms with Gasteiger partial charge in [-0.2, -0.15) is 0 Å². The van der Waals surface area contributed by atoms with E-state index in [0.717, 1.165) is 17.2 Å². The maximum Gasteiger partial charge on any atom is 0.335 e. The summed E-state index contributed by atoms with van der Waals surface area (Å²) in [6.07, 6.45) is 7.89. The van der Waals surface area contributed by atoms with E-state index in [1.165, 1.54) is 6.08 Å². The highest BCUT2D eigenvalue weighted by Gasteiger charge is 2.13. The lowest BCUT2D eigenvalue weighted by Crippen LogP contribution is -2.19. The molecule has 0 saturated heterocycles. The summed E-state index contributed by atoms with van der Waals surface area (Å²) in [5, 5.41) is 9.37. The molecule has 4 nitrogen and oxygen atoms in total. The maximum absolute atomic E-state index is 11.1. The molecule has 0 spiro atoms. The zero-order valence-electron chi connectivity index (χ0n) is 12.1. The number of benzene rings is 1. The summed E-state index contributed by atoms with van der Waals surface area (Å²) in [5.41, 5.74) is 2.06. The van der Waals surface area contributed by atoms with Gasteiger partial charge in [0.1, 0.15) is 5.75 Å². The minimum Gasteiger partial charge on any atom is -0.423 e. The fourth-order valence-corrected chi connectivity index (χ4v) is 2.02. The zero-order valence-corrected chi connectivity index (χ0v) is 12.1. The van der Waals surface area contributed by atoms with Crippen LogP contribution in [-0.2, 0) is 9.53 Å². The zero-order chi connectivity index (χ0) is 15.9. The third-order valence-electron chi connectivity index (χ3n) is 3.15. The molecule has 0 aliphatic heterocycles. The van der Waals surface area contributed by atoms with Crippen LogP contribution in [0.4, 0.5) is 0 Å². The number of esters is 1. The van der Waals surface area contributed by atoms with Crippen molar-refractivity contribution in [2.45, 2.75) is 18.8 Å². The van der Waals surface area contributed by atoms with Crippen LogP contribution in [0, 0.1) is 0 Å². The molecule has 0 saturated carbocycles. The van der Waals surface area contributed by atoms with Gasteiger partial charge in [-0.1, -0.05) is 43.5 Å². The lowest BCUT2D eigenvalue weighted by atomic mass is 9.98. The van der Waals surface area contributed by atoms with Gasteiger partial charge in [0, 0.05) is 6.08 Å². The summed E-state index contributed by atoms with van der Waals surface area (Å²) >= 11 is 0. The van der Waals surface area contributed by atoms with Crippen LogP contribution in [0.3, 0.4) is 0 Å². The number of carbonyl (C=O) groups is 1. The van der Waals surface area contributed by atoms with Gasteiger partial charge in [0.2, 0.25) is 0 Å². The average Bonchev–Trinajstić information content (AvgIpc) is 2.56. The largest absolute Gasteiger partial charge is 0.423 e. The fourth-order valence-electron chi connectivity index (χ4n) is 2.02.